The van der Waals surface area contributed by atoms with E-state index in [0.717, 1.165) is 0 Å². The molecule has 84 valence electrons. The van der Waals surface area contributed by atoms with Crippen molar-refractivity contribution in [1.29, 1.82) is 0 Å². The molecule has 15 heavy (non-hydrogen) atoms. The highest BCUT2D eigenvalue weighted by Crippen LogP contribution is 2.22. The van der Waals surface area contributed by atoms with E-state index in [2.05, 4.69) is 10.3 Å². The average Bonchev–Trinajstić information content (AvgIpc) is 2.12. The Morgan fingerprint density at radius 1 is 1.47 bits per heavy atom. The van der Waals surface area contributed by atoms with Crippen molar-refractivity contribution >= 4 is 5.82 Å². The summed E-state index contributed by atoms with van der Waals surface area (Å²) < 4.78 is 12.8. The summed E-state index contributed by atoms with van der Waals surface area (Å²) in [6, 6.07) is 4.40. The van der Waals surface area contributed by atoms with Gasteiger partial charge in [-0.1, -0.05) is 26.8 Å². The van der Waals surface area contributed by atoms with Gasteiger partial charge in [0, 0.05) is 0 Å². The van der Waals surface area contributed by atoms with E-state index in [0.29, 0.717) is 5.82 Å². The Hall–Kier alpha value is -1.16. The molecule has 0 amide bonds. The van der Waals surface area contributed by atoms with Gasteiger partial charge in [0.05, 0.1) is 12.6 Å². The lowest BCUT2D eigenvalue weighted by atomic mass is 9.87. The first-order chi connectivity index (χ1) is 6.93. The molecule has 0 spiro atoms. The van der Waals surface area contributed by atoms with Crippen LogP contribution >= 0.6 is 0 Å². The number of anilines is 1. The summed E-state index contributed by atoms with van der Waals surface area (Å²) >= 11 is 0. The molecule has 2 N–H and O–H groups in total. The van der Waals surface area contributed by atoms with Crippen molar-refractivity contribution in [1.82, 2.24) is 4.98 Å². The monoisotopic (exact) mass is 212 g/mol. The van der Waals surface area contributed by atoms with Crippen LogP contribution in [0, 0.1) is 11.4 Å². The summed E-state index contributed by atoms with van der Waals surface area (Å²) in [6.07, 6.45) is 0. The Kier molecular flexibility index (Phi) is 3.63. The molecule has 3 nitrogen and oxygen atoms in total. The van der Waals surface area contributed by atoms with Gasteiger partial charge in [0.1, 0.15) is 5.82 Å². The minimum atomic E-state index is -0.523. The van der Waals surface area contributed by atoms with E-state index in [1.54, 1.807) is 12.1 Å². The number of hydrogen-bond donors (Lipinski definition) is 2. The van der Waals surface area contributed by atoms with Crippen molar-refractivity contribution in [3.05, 3.63) is 24.1 Å². The van der Waals surface area contributed by atoms with E-state index in [4.69, 9.17) is 0 Å². The Labute approximate surface area is 89.4 Å². The fourth-order valence-electron chi connectivity index (χ4n) is 1.20. The molecule has 4 heteroatoms. The van der Waals surface area contributed by atoms with Gasteiger partial charge in [-0.05, 0) is 17.5 Å². The molecule has 0 saturated carbocycles. The Bertz CT molecular complexity index is 323. The van der Waals surface area contributed by atoms with Crippen molar-refractivity contribution in [3.8, 4) is 0 Å². The van der Waals surface area contributed by atoms with Crippen LogP contribution < -0.4 is 5.32 Å². The van der Waals surface area contributed by atoms with E-state index in [1.165, 1.54) is 6.07 Å². The Balaban J connectivity index is 2.76. The topological polar surface area (TPSA) is 45.1 Å². The highest BCUT2D eigenvalue weighted by molar-refractivity contribution is 5.35. The van der Waals surface area contributed by atoms with E-state index >= 15 is 0 Å². The molecule has 1 unspecified atom stereocenters. The summed E-state index contributed by atoms with van der Waals surface area (Å²) in [7, 11) is 0. The summed E-state index contributed by atoms with van der Waals surface area (Å²) in [4.78, 5) is 3.69. The van der Waals surface area contributed by atoms with Crippen molar-refractivity contribution in [2.75, 3.05) is 11.9 Å². The highest BCUT2D eigenvalue weighted by atomic mass is 19.1. The molecular formula is C11H17FN2O. The van der Waals surface area contributed by atoms with Gasteiger partial charge in [-0.25, -0.2) is 4.98 Å². The van der Waals surface area contributed by atoms with E-state index in [1.807, 2.05) is 20.8 Å². The molecule has 0 bridgehead atoms. The van der Waals surface area contributed by atoms with Crippen molar-refractivity contribution in [2.24, 2.45) is 5.41 Å². The molecule has 0 saturated heterocycles. The number of rotatable bonds is 3. The molecule has 1 aromatic rings. The van der Waals surface area contributed by atoms with Crippen LogP contribution in [-0.2, 0) is 0 Å². The molecule has 0 radical (unpaired) electrons. The maximum atomic E-state index is 12.8. The molecule has 0 aromatic carbocycles. The normalized spacial score (nSPS) is 13.7. The lowest BCUT2D eigenvalue weighted by Gasteiger charge is -2.30. The first kappa shape index (κ1) is 11.9. The minimum absolute atomic E-state index is 0.0122. The summed E-state index contributed by atoms with van der Waals surface area (Å²) in [5.74, 6) is -0.0745. The van der Waals surface area contributed by atoms with Crippen LogP contribution in [0.4, 0.5) is 10.2 Å². The summed E-state index contributed by atoms with van der Waals surface area (Å²) in [5.41, 5.74) is -0.108. The molecule has 0 aliphatic heterocycles. The molecule has 1 atom stereocenters. The van der Waals surface area contributed by atoms with Gasteiger partial charge in [0.25, 0.3) is 0 Å². The molecule has 0 aliphatic carbocycles. The number of nitrogens with one attached hydrogen (secondary N) is 1. The number of halogens is 1. The third-order valence-corrected chi connectivity index (χ3v) is 2.27. The smallest absolute Gasteiger partial charge is 0.214 e. The predicted molar refractivity (Wildman–Crippen MR) is 58.1 cm³/mol. The number of hydrogen-bond acceptors (Lipinski definition) is 3. The van der Waals surface area contributed by atoms with Gasteiger partial charge < -0.3 is 10.4 Å². The van der Waals surface area contributed by atoms with Crippen LogP contribution in [-0.4, -0.2) is 22.7 Å². The lowest BCUT2D eigenvalue weighted by molar-refractivity contribution is 0.201. The Morgan fingerprint density at radius 2 is 2.13 bits per heavy atom. The quantitative estimate of drug-likeness (QED) is 0.754. The number of pyridine rings is 1. The van der Waals surface area contributed by atoms with Crippen LogP contribution in [0.25, 0.3) is 0 Å². The lowest BCUT2D eigenvalue weighted by Crippen LogP contribution is -2.37. The number of nitrogens with zero attached hydrogens (tertiary/aromatic N) is 1. The molecule has 1 aromatic heterocycles. The zero-order valence-corrected chi connectivity index (χ0v) is 9.29. The molecule has 0 aliphatic rings. The fraction of sp³-hybridized carbons (Fsp3) is 0.545. The van der Waals surface area contributed by atoms with Crippen LogP contribution in [0.2, 0.25) is 0 Å². The van der Waals surface area contributed by atoms with E-state index < -0.39 is 5.95 Å². The van der Waals surface area contributed by atoms with Gasteiger partial charge in [-0.15, -0.1) is 0 Å². The zero-order valence-electron chi connectivity index (χ0n) is 9.29. The van der Waals surface area contributed by atoms with Crippen LogP contribution in [0.15, 0.2) is 18.2 Å². The number of aliphatic hydroxyl groups is 1. The minimum Gasteiger partial charge on any atom is -0.394 e. The SMILES string of the molecule is CC(C)(C)C(CO)Nc1cccc(F)n1. The first-order valence-corrected chi connectivity index (χ1v) is 4.93. The third kappa shape index (κ3) is 3.47. The fourth-order valence-corrected chi connectivity index (χ4v) is 1.20. The van der Waals surface area contributed by atoms with E-state index in [9.17, 15) is 9.50 Å². The standard InChI is InChI=1S/C11H17FN2O/c1-11(2,3)8(7-15)13-10-6-4-5-9(12)14-10/h4-6,8,15H,7H2,1-3H3,(H,13,14). The van der Waals surface area contributed by atoms with Crippen LogP contribution in [0.5, 0.6) is 0 Å². The molecule has 1 heterocycles. The summed E-state index contributed by atoms with van der Waals surface area (Å²) in [5, 5.41) is 12.2. The zero-order chi connectivity index (χ0) is 11.5. The van der Waals surface area contributed by atoms with Gasteiger partial charge in [0.15, 0.2) is 0 Å². The van der Waals surface area contributed by atoms with Gasteiger partial charge in [-0.2, -0.15) is 4.39 Å². The Morgan fingerprint density at radius 3 is 2.60 bits per heavy atom. The number of aliphatic hydroxyl groups excluding tert-OH is 1. The second-order valence-corrected chi connectivity index (χ2v) is 4.59. The van der Waals surface area contributed by atoms with Crippen molar-refractivity contribution in [2.45, 2.75) is 26.8 Å². The van der Waals surface area contributed by atoms with Crippen molar-refractivity contribution < 1.29 is 9.50 Å². The van der Waals surface area contributed by atoms with Gasteiger partial charge in [-0.3, -0.25) is 0 Å². The second-order valence-electron chi connectivity index (χ2n) is 4.59. The summed E-state index contributed by atoms with van der Waals surface area (Å²) in [6.45, 7) is 5.99. The maximum Gasteiger partial charge on any atom is 0.214 e. The maximum absolute atomic E-state index is 12.8. The average molecular weight is 212 g/mol. The number of aromatic nitrogens is 1. The second kappa shape index (κ2) is 4.57. The van der Waals surface area contributed by atoms with E-state index in [-0.39, 0.29) is 18.1 Å². The van der Waals surface area contributed by atoms with Crippen LogP contribution in [0.1, 0.15) is 20.8 Å². The van der Waals surface area contributed by atoms with Gasteiger partial charge >= 0.3 is 0 Å². The predicted octanol–water partition coefficient (Wildman–Crippen LogP) is 2.04. The largest absolute Gasteiger partial charge is 0.394 e. The van der Waals surface area contributed by atoms with Crippen molar-refractivity contribution in [3.63, 3.8) is 0 Å². The third-order valence-electron chi connectivity index (χ3n) is 2.27. The molecule has 1 rings (SSSR count). The van der Waals surface area contributed by atoms with Crippen LogP contribution in [0.3, 0.4) is 0 Å². The first-order valence-electron chi connectivity index (χ1n) is 4.93. The molecular weight excluding hydrogens is 195 g/mol. The molecule has 0 fully saturated rings. The van der Waals surface area contributed by atoms with Gasteiger partial charge in [0.2, 0.25) is 5.95 Å². The highest BCUT2D eigenvalue weighted by Gasteiger charge is 2.23.